The van der Waals surface area contributed by atoms with Gasteiger partial charge in [0.1, 0.15) is 10.6 Å². The molecule has 2 saturated heterocycles. The summed E-state index contributed by atoms with van der Waals surface area (Å²) in [6.07, 6.45) is -12.1. The topological polar surface area (TPSA) is 87.2 Å². The number of halogens is 7. The van der Waals surface area contributed by atoms with Crippen molar-refractivity contribution in [2.24, 2.45) is 0 Å². The van der Waals surface area contributed by atoms with Crippen LogP contribution in [0.5, 0.6) is 0 Å². The lowest BCUT2D eigenvalue weighted by Gasteiger charge is -2.37. The highest BCUT2D eigenvalue weighted by atomic mass is 32.2. The van der Waals surface area contributed by atoms with Crippen LogP contribution in [0.15, 0.2) is 53.4 Å². The molecule has 0 aliphatic carbocycles. The zero-order chi connectivity index (χ0) is 32.0. The SMILES string of the molecule is COC(c1ccc(C2(S(=O)(=O)c3ccc(F)cc3)CCN(C(=O)N3CCN(C(C)=O)CC3)C2)cc1)(C(F)(F)F)C(F)(F)F. The maximum atomic E-state index is 14.1. The number of sulfone groups is 1. The summed E-state index contributed by atoms with van der Waals surface area (Å²) in [6.45, 7) is 1.67. The van der Waals surface area contributed by atoms with Gasteiger partial charge in [0.05, 0.1) is 4.90 Å². The largest absolute Gasteiger partial charge is 0.430 e. The van der Waals surface area contributed by atoms with Gasteiger partial charge in [0.2, 0.25) is 5.91 Å². The number of piperazine rings is 1. The van der Waals surface area contributed by atoms with E-state index in [4.69, 9.17) is 0 Å². The molecule has 2 fully saturated rings. The molecule has 0 N–H and O–H groups in total. The van der Waals surface area contributed by atoms with Crippen molar-refractivity contribution in [3.05, 3.63) is 65.5 Å². The molecule has 0 bridgehead atoms. The Balaban J connectivity index is 1.76. The van der Waals surface area contributed by atoms with Crippen LogP contribution in [0.25, 0.3) is 0 Å². The molecule has 8 nitrogen and oxygen atoms in total. The molecule has 2 aliphatic heterocycles. The van der Waals surface area contributed by atoms with Crippen molar-refractivity contribution in [1.82, 2.24) is 14.7 Å². The van der Waals surface area contributed by atoms with Gasteiger partial charge in [-0.05, 0) is 36.2 Å². The minimum Gasteiger partial charge on any atom is -0.357 e. The molecule has 0 aromatic heterocycles. The lowest BCUT2D eigenvalue weighted by Crippen LogP contribution is -2.55. The average molecular weight is 640 g/mol. The number of alkyl halides is 6. The number of methoxy groups -OCH3 is 1. The zero-order valence-electron chi connectivity index (χ0n) is 23.0. The molecule has 236 valence electrons. The van der Waals surface area contributed by atoms with Crippen LogP contribution >= 0.6 is 0 Å². The average Bonchev–Trinajstić information content (AvgIpc) is 3.40. The molecule has 2 heterocycles. The van der Waals surface area contributed by atoms with E-state index in [-0.39, 0.29) is 62.6 Å². The van der Waals surface area contributed by atoms with Gasteiger partial charge in [-0.3, -0.25) is 4.79 Å². The Hall–Kier alpha value is -3.40. The van der Waals surface area contributed by atoms with E-state index in [1.165, 1.54) is 16.7 Å². The number of amides is 3. The second-order valence-corrected chi connectivity index (χ2v) is 12.6. The van der Waals surface area contributed by atoms with Gasteiger partial charge < -0.3 is 19.4 Å². The molecule has 0 spiro atoms. The van der Waals surface area contributed by atoms with Crippen LogP contribution in [0.3, 0.4) is 0 Å². The quantitative estimate of drug-likeness (QED) is 0.357. The summed E-state index contributed by atoms with van der Waals surface area (Å²) in [6, 6.07) is 5.96. The van der Waals surface area contributed by atoms with Gasteiger partial charge >= 0.3 is 18.4 Å². The van der Waals surface area contributed by atoms with Gasteiger partial charge in [-0.25, -0.2) is 17.6 Å². The molecule has 0 radical (unpaired) electrons. The number of carbonyl (C=O) groups is 2. The van der Waals surface area contributed by atoms with Crippen molar-refractivity contribution >= 4 is 21.8 Å². The van der Waals surface area contributed by atoms with E-state index in [9.17, 15) is 48.7 Å². The summed E-state index contributed by atoms with van der Waals surface area (Å²) < 4.78 is 127. The summed E-state index contributed by atoms with van der Waals surface area (Å²) >= 11 is 0. The third kappa shape index (κ3) is 5.43. The standard InChI is InChI=1S/C27H28F7N3O5S/c1-18(38)35-13-15-36(16-14-35)23(39)37-12-11-24(17-37,43(40,41)22-9-7-21(28)8-10-22)19-3-5-20(6-4-19)25(42-2,26(29,30)31)27(32,33)34/h3-10H,11-17H2,1-2H3. The first kappa shape index (κ1) is 32.5. The van der Waals surface area contributed by atoms with Crippen LogP contribution in [-0.4, -0.2) is 93.8 Å². The van der Waals surface area contributed by atoms with Gasteiger partial charge in [0.15, 0.2) is 9.84 Å². The minimum absolute atomic E-state index is 0.110. The number of benzene rings is 2. The van der Waals surface area contributed by atoms with E-state index in [1.807, 2.05) is 0 Å². The van der Waals surface area contributed by atoms with Crippen LogP contribution < -0.4 is 0 Å². The lowest BCUT2D eigenvalue weighted by molar-refractivity contribution is -0.383. The third-order valence-electron chi connectivity index (χ3n) is 8.06. The summed E-state index contributed by atoms with van der Waals surface area (Å²) in [5.41, 5.74) is -6.16. The van der Waals surface area contributed by atoms with E-state index >= 15 is 0 Å². The zero-order valence-corrected chi connectivity index (χ0v) is 23.8. The van der Waals surface area contributed by atoms with E-state index in [2.05, 4.69) is 4.74 Å². The van der Waals surface area contributed by atoms with Crippen molar-refractivity contribution in [2.45, 2.75) is 40.9 Å². The number of hydrogen-bond donors (Lipinski definition) is 0. The summed E-state index contributed by atoms with van der Waals surface area (Å²) in [5, 5.41) is 0. The molecule has 43 heavy (non-hydrogen) atoms. The number of rotatable bonds is 5. The fourth-order valence-corrected chi connectivity index (χ4v) is 7.73. The van der Waals surface area contributed by atoms with Crippen molar-refractivity contribution < 1.29 is 53.5 Å². The Morgan fingerprint density at radius 2 is 1.30 bits per heavy atom. The lowest BCUT2D eigenvalue weighted by atomic mass is 9.88. The first-order chi connectivity index (χ1) is 19.9. The van der Waals surface area contributed by atoms with E-state index in [0.29, 0.717) is 12.1 Å². The Labute approximate surface area is 242 Å². The highest BCUT2D eigenvalue weighted by molar-refractivity contribution is 7.92. The van der Waals surface area contributed by atoms with Gasteiger partial charge in [-0.2, -0.15) is 26.3 Å². The number of likely N-dealkylation sites (tertiary alicyclic amines) is 1. The molecule has 4 rings (SSSR count). The number of ether oxygens (including phenoxy) is 1. The van der Waals surface area contributed by atoms with Gasteiger partial charge in [0.25, 0.3) is 5.60 Å². The maximum Gasteiger partial charge on any atom is 0.430 e. The molecule has 16 heteroatoms. The molecule has 2 aromatic carbocycles. The van der Waals surface area contributed by atoms with Crippen LogP contribution in [0, 0.1) is 5.82 Å². The Morgan fingerprint density at radius 1 is 0.791 bits per heavy atom. The van der Waals surface area contributed by atoms with Crippen molar-refractivity contribution in [1.29, 1.82) is 0 Å². The van der Waals surface area contributed by atoms with Gasteiger partial charge in [-0.15, -0.1) is 0 Å². The third-order valence-corrected chi connectivity index (χ3v) is 10.5. The van der Waals surface area contributed by atoms with Crippen LogP contribution in [-0.2, 0) is 29.7 Å². The van der Waals surface area contributed by atoms with Crippen molar-refractivity contribution in [2.75, 3.05) is 46.4 Å². The maximum absolute atomic E-state index is 14.1. The van der Waals surface area contributed by atoms with Crippen LogP contribution in [0.1, 0.15) is 24.5 Å². The summed E-state index contributed by atoms with van der Waals surface area (Å²) in [5.74, 6) is -0.907. The highest BCUT2D eigenvalue weighted by Gasteiger charge is 2.73. The molecule has 3 amide bonds. The van der Waals surface area contributed by atoms with E-state index in [0.717, 1.165) is 36.4 Å². The number of hydrogen-bond acceptors (Lipinski definition) is 5. The second kappa shape index (κ2) is 11.3. The number of nitrogens with zero attached hydrogens (tertiary/aromatic N) is 3. The predicted molar refractivity (Wildman–Crippen MR) is 138 cm³/mol. The highest BCUT2D eigenvalue weighted by Crippen LogP contribution is 2.53. The molecule has 2 aliphatic rings. The normalized spacial score (nSPS) is 20.4. The van der Waals surface area contributed by atoms with E-state index in [1.54, 1.807) is 4.90 Å². The minimum atomic E-state index is -5.91. The number of carbonyl (C=O) groups excluding carboxylic acids is 2. The molecular weight excluding hydrogens is 611 g/mol. The fraction of sp³-hybridized carbons (Fsp3) is 0.481. The molecule has 0 saturated carbocycles. The van der Waals surface area contributed by atoms with Crippen molar-refractivity contribution in [3.63, 3.8) is 0 Å². The van der Waals surface area contributed by atoms with Gasteiger partial charge in [0, 0.05) is 58.9 Å². The molecule has 2 aromatic rings. The smallest absolute Gasteiger partial charge is 0.357 e. The Bertz CT molecular complexity index is 1440. The Morgan fingerprint density at radius 3 is 1.77 bits per heavy atom. The van der Waals surface area contributed by atoms with E-state index < -0.39 is 56.5 Å². The van der Waals surface area contributed by atoms with Crippen LogP contribution in [0.4, 0.5) is 35.5 Å². The predicted octanol–water partition coefficient (Wildman–Crippen LogP) is 4.45. The van der Waals surface area contributed by atoms with Crippen LogP contribution in [0.2, 0.25) is 0 Å². The summed E-state index contributed by atoms with van der Waals surface area (Å²) in [4.78, 5) is 28.9. The van der Waals surface area contributed by atoms with Gasteiger partial charge in [-0.1, -0.05) is 24.3 Å². The monoisotopic (exact) mass is 639 g/mol. The first-order valence-corrected chi connectivity index (χ1v) is 14.5. The Kier molecular flexibility index (Phi) is 8.52. The molecule has 1 unspecified atom stereocenters. The molecular formula is C27H28F7N3O5S. The fourth-order valence-electron chi connectivity index (χ4n) is 5.65. The summed E-state index contributed by atoms with van der Waals surface area (Å²) in [7, 11) is -4.24. The second-order valence-electron chi connectivity index (χ2n) is 10.4. The number of urea groups is 1. The first-order valence-electron chi connectivity index (χ1n) is 13.0. The molecule has 1 atom stereocenters. The van der Waals surface area contributed by atoms with Crippen molar-refractivity contribution in [3.8, 4) is 0 Å².